The van der Waals surface area contributed by atoms with Gasteiger partial charge in [-0.3, -0.25) is 4.99 Å². The minimum absolute atomic E-state index is 0.680. The van der Waals surface area contributed by atoms with Crippen LogP contribution in [0.3, 0.4) is 0 Å². The monoisotopic (exact) mass is 429 g/mol. The Labute approximate surface area is 187 Å². The van der Waals surface area contributed by atoms with E-state index in [1.165, 1.54) is 11.1 Å². The van der Waals surface area contributed by atoms with E-state index in [1.807, 2.05) is 39.2 Å². The van der Waals surface area contributed by atoms with Crippen LogP contribution in [0, 0.1) is 0 Å². The molecule has 0 unspecified atom stereocenters. The van der Waals surface area contributed by atoms with Gasteiger partial charge in [0.2, 0.25) is 0 Å². The van der Waals surface area contributed by atoms with Crippen molar-refractivity contribution in [1.29, 1.82) is 0 Å². The standard InChI is InChI=1S/C22H30ClN5.C2H6/c1-3-5-18-7-6-17(13-20(18)26-8-4-2)14-27-21-16-25-15-19(23)22(21)28-11-9-24-10-12-28;1-2/h4-8,13,16,24-25,27H,3,9-12,14-15H2,1-2H3;1-2H3/b8-4-,18-5+,26-20+;. The molecule has 3 rings (SSSR count). The van der Waals surface area contributed by atoms with Crippen molar-refractivity contribution in [1.82, 2.24) is 20.9 Å². The first kappa shape index (κ1) is 24.0. The lowest BCUT2D eigenvalue weighted by Gasteiger charge is -2.35. The highest BCUT2D eigenvalue weighted by atomic mass is 35.5. The molecule has 1 aliphatic carbocycles. The van der Waals surface area contributed by atoms with E-state index in [9.17, 15) is 0 Å². The second kappa shape index (κ2) is 13.1. The molecule has 0 radical (unpaired) electrons. The van der Waals surface area contributed by atoms with Gasteiger partial charge in [-0.15, -0.1) is 0 Å². The van der Waals surface area contributed by atoms with E-state index in [4.69, 9.17) is 11.6 Å². The molecule has 164 valence electrons. The van der Waals surface area contributed by atoms with Crippen molar-refractivity contribution in [2.45, 2.75) is 34.1 Å². The zero-order valence-corrected chi connectivity index (χ0v) is 19.5. The molecule has 0 amide bonds. The number of dihydropyridines is 1. The maximum atomic E-state index is 6.58. The molecule has 3 aliphatic rings. The van der Waals surface area contributed by atoms with E-state index in [1.54, 1.807) is 0 Å². The number of rotatable bonds is 6. The molecular formula is C24H36ClN5. The van der Waals surface area contributed by atoms with Crippen LogP contribution in [0.4, 0.5) is 0 Å². The maximum absolute atomic E-state index is 6.58. The second-order valence-electron chi connectivity index (χ2n) is 6.90. The van der Waals surface area contributed by atoms with Gasteiger partial charge in [0.05, 0.1) is 28.7 Å². The van der Waals surface area contributed by atoms with Crippen molar-refractivity contribution in [3.05, 3.63) is 70.4 Å². The number of nitrogens with one attached hydrogen (secondary N) is 3. The zero-order valence-electron chi connectivity index (χ0n) is 18.8. The molecule has 5 nitrogen and oxygen atoms in total. The van der Waals surface area contributed by atoms with Crippen molar-refractivity contribution in [2.75, 3.05) is 39.3 Å². The third-order valence-electron chi connectivity index (χ3n) is 4.81. The molecule has 1 fully saturated rings. The zero-order chi connectivity index (χ0) is 21.8. The van der Waals surface area contributed by atoms with Crippen LogP contribution in [0.5, 0.6) is 0 Å². The van der Waals surface area contributed by atoms with E-state index in [-0.39, 0.29) is 0 Å². The Morgan fingerprint density at radius 3 is 2.70 bits per heavy atom. The largest absolute Gasteiger partial charge is 0.384 e. The molecule has 1 saturated heterocycles. The van der Waals surface area contributed by atoms with Gasteiger partial charge in [-0.1, -0.05) is 56.7 Å². The van der Waals surface area contributed by atoms with Crippen LogP contribution >= 0.6 is 11.6 Å². The molecule has 0 aromatic rings. The summed E-state index contributed by atoms with van der Waals surface area (Å²) < 4.78 is 0. The van der Waals surface area contributed by atoms with Crippen molar-refractivity contribution >= 4 is 17.3 Å². The molecule has 3 N–H and O–H groups in total. The Bertz CT molecular complexity index is 777. The van der Waals surface area contributed by atoms with E-state index in [0.29, 0.717) is 6.54 Å². The molecule has 0 spiro atoms. The lowest BCUT2D eigenvalue weighted by Crippen LogP contribution is -2.45. The number of allylic oxidation sites excluding steroid dienone is 5. The van der Waals surface area contributed by atoms with Crippen LogP contribution in [0.2, 0.25) is 0 Å². The van der Waals surface area contributed by atoms with E-state index in [0.717, 1.165) is 61.3 Å². The fraction of sp³-hybridized carbons (Fsp3) is 0.458. The van der Waals surface area contributed by atoms with Gasteiger partial charge in [0.1, 0.15) is 0 Å². The smallest absolute Gasteiger partial charge is 0.0783 e. The first-order chi connectivity index (χ1) is 14.7. The van der Waals surface area contributed by atoms with Gasteiger partial charge < -0.3 is 20.9 Å². The van der Waals surface area contributed by atoms with Crippen LogP contribution in [0.1, 0.15) is 34.1 Å². The lowest BCUT2D eigenvalue weighted by atomic mass is 9.99. The van der Waals surface area contributed by atoms with Gasteiger partial charge >= 0.3 is 0 Å². The Morgan fingerprint density at radius 2 is 2.00 bits per heavy atom. The Hall–Kier alpha value is -2.24. The fourth-order valence-corrected chi connectivity index (χ4v) is 3.76. The molecular weight excluding hydrogens is 394 g/mol. The summed E-state index contributed by atoms with van der Waals surface area (Å²) in [5.74, 6) is 0. The van der Waals surface area contributed by atoms with Gasteiger partial charge in [-0.2, -0.15) is 0 Å². The average molecular weight is 430 g/mol. The summed E-state index contributed by atoms with van der Waals surface area (Å²) in [6.07, 6.45) is 15.5. The summed E-state index contributed by atoms with van der Waals surface area (Å²) in [5.41, 5.74) is 5.54. The number of hydrogen-bond donors (Lipinski definition) is 3. The fourth-order valence-electron chi connectivity index (χ4n) is 3.46. The highest BCUT2D eigenvalue weighted by molar-refractivity contribution is 6.30. The SMILES string of the molecule is CC.C\C=C/N=C1\C=C(CNC2=CNCC(Cl)=C2N2CCNCC2)C=C\C1=C/CC. The van der Waals surface area contributed by atoms with Crippen LogP contribution in [0.25, 0.3) is 0 Å². The number of nitrogens with zero attached hydrogens (tertiary/aromatic N) is 2. The summed E-state index contributed by atoms with van der Waals surface area (Å²) in [6, 6.07) is 0. The third kappa shape index (κ3) is 6.64. The Balaban J connectivity index is 0.00000155. The number of hydrogen-bond acceptors (Lipinski definition) is 5. The summed E-state index contributed by atoms with van der Waals surface area (Å²) >= 11 is 6.58. The van der Waals surface area contributed by atoms with Crippen LogP contribution < -0.4 is 16.0 Å². The minimum atomic E-state index is 0.680. The Kier molecular flexibility index (Phi) is 10.5. The first-order valence-corrected chi connectivity index (χ1v) is 11.4. The summed E-state index contributed by atoms with van der Waals surface area (Å²) in [5, 5.41) is 11.1. The third-order valence-corrected chi connectivity index (χ3v) is 5.13. The highest BCUT2D eigenvalue weighted by Gasteiger charge is 2.22. The van der Waals surface area contributed by atoms with Gasteiger partial charge in [0.15, 0.2) is 0 Å². The van der Waals surface area contributed by atoms with E-state index < -0.39 is 0 Å². The normalized spacial score (nSPS) is 22.0. The molecule has 6 heteroatoms. The molecule has 0 bridgehead atoms. The van der Waals surface area contributed by atoms with Gasteiger partial charge in [0, 0.05) is 45.1 Å². The molecule has 30 heavy (non-hydrogen) atoms. The van der Waals surface area contributed by atoms with Crippen molar-refractivity contribution in [2.24, 2.45) is 4.99 Å². The molecule has 2 heterocycles. The molecule has 0 aromatic carbocycles. The number of aliphatic imine (C=N–C) groups is 1. The number of piperazine rings is 1. The predicted octanol–water partition coefficient (Wildman–Crippen LogP) is 4.21. The van der Waals surface area contributed by atoms with Gasteiger partial charge in [-0.25, -0.2) is 0 Å². The highest BCUT2D eigenvalue weighted by Crippen LogP contribution is 2.24. The van der Waals surface area contributed by atoms with Gasteiger partial charge in [-0.05, 0) is 30.6 Å². The van der Waals surface area contributed by atoms with Crippen LogP contribution in [-0.4, -0.2) is 49.9 Å². The maximum Gasteiger partial charge on any atom is 0.0783 e. The van der Waals surface area contributed by atoms with Crippen LogP contribution in [0.15, 0.2) is 75.3 Å². The molecule has 0 atom stereocenters. The molecule has 2 aliphatic heterocycles. The summed E-state index contributed by atoms with van der Waals surface area (Å²) in [4.78, 5) is 6.95. The quantitative estimate of drug-likeness (QED) is 0.592. The van der Waals surface area contributed by atoms with Crippen molar-refractivity contribution in [3.8, 4) is 0 Å². The minimum Gasteiger partial charge on any atom is -0.384 e. The molecule has 0 aromatic heterocycles. The predicted molar refractivity (Wildman–Crippen MR) is 131 cm³/mol. The first-order valence-electron chi connectivity index (χ1n) is 11.0. The average Bonchev–Trinajstić information content (AvgIpc) is 2.79. The van der Waals surface area contributed by atoms with Crippen molar-refractivity contribution < 1.29 is 0 Å². The topological polar surface area (TPSA) is 51.7 Å². The Morgan fingerprint density at radius 1 is 1.23 bits per heavy atom. The lowest BCUT2D eigenvalue weighted by molar-refractivity contribution is 0.298. The van der Waals surface area contributed by atoms with Gasteiger partial charge in [0.25, 0.3) is 0 Å². The number of halogens is 1. The van der Waals surface area contributed by atoms with Crippen molar-refractivity contribution in [3.63, 3.8) is 0 Å². The van der Waals surface area contributed by atoms with E-state index in [2.05, 4.69) is 57.1 Å². The van der Waals surface area contributed by atoms with E-state index >= 15 is 0 Å². The second-order valence-corrected chi connectivity index (χ2v) is 7.36. The summed E-state index contributed by atoms with van der Waals surface area (Å²) in [7, 11) is 0. The molecule has 0 saturated carbocycles. The van der Waals surface area contributed by atoms with Crippen LogP contribution in [-0.2, 0) is 0 Å². The summed E-state index contributed by atoms with van der Waals surface area (Å²) in [6.45, 7) is 13.4.